The minimum absolute atomic E-state index is 0.267. The highest BCUT2D eigenvalue weighted by atomic mass is 16.5. The number of esters is 1. The Morgan fingerprint density at radius 1 is 1.13 bits per heavy atom. The van der Waals surface area contributed by atoms with Gasteiger partial charge in [-0.05, 0) is 24.6 Å². The molecule has 128 valence electrons. The molecule has 0 radical (unpaired) electrons. The zero-order valence-corrected chi connectivity index (χ0v) is 14.4. The summed E-state index contributed by atoms with van der Waals surface area (Å²) in [5.74, 6) is 0.417. The first-order chi connectivity index (χ1) is 10.8. The van der Waals surface area contributed by atoms with E-state index >= 15 is 0 Å². The fraction of sp³-hybridized carbons (Fsp3) is 0.529. The van der Waals surface area contributed by atoms with Gasteiger partial charge in [-0.2, -0.15) is 0 Å². The molecule has 23 heavy (non-hydrogen) atoms. The Balaban J connectivity index is 2.72. The summed E-state index contributed by atoms with van der Waals surface area (Å²) in [7, 11) is 3.16. The maximum absolute atomic E-state index is 11.8. The maximum Gasteiger partial charge on any atom is 0.315 e. The molecule has 0 heterocycles. The number of hydrogen-bond donors (Lipinski definition) is 1. The second kappa shape index (κ2) is 8.41. The monoisotopic (exact) mass is 323 g/mol. The van der Waals surface area contributed by atoms with Crippen LogP contribution in [0.25, 0.3) is 0 Å². The van der Waals surface area contributed by atoms with E-state index in [0.717, 1.165) is 5.56 Å². The number of carbonyl (C=O) groups is 2. The van der Waals surface area contributed by atoms with Gasteiger partial charge in [0.25, 0.3) is 0 Å². The first-order valence-corrected chi connectivity index (χ1v) is 7.49. The molecular formula is C17H25NO5. The molecule has 6 heteroatoms. The first-order valence-electron chi connectivity index (χ1n) is 7.49. The molecule has 0 saturated heterocycles. The van der Waals surface area contributed by atoms with E-state index in [-0.39, 0.29) is 24.3 Å². The molecule has 0 saturated carbocycles. The van der Waals surface area contributed by atoms with Gasteiger partial charge in [-0.1, -0.05) is 19.9 Å². The predicted molar refractivity (Wildman–Crippen MR) is 86.8 cm³/mol. The lowest BCUT2D eigenvalue weighted by Gasteiger charge is -2.26. The molecule has 0 atom stereocenters. The van der Waals surface area contributed by atoms with Gasteiger partial charge in [0.05, 0.1) is 20.8 Å². The van der Waals surface area contributed by atoms with Crippen molar-refractivity contribution in [3.63, 3.8) is 0 Å². The van der Waals surface area contributed by atoms with Gasteiger partial charge in [-0.25, -0.2) is 0 Å². The van der Waals surface area contributed by atoms with Gasteiger partial charge < -0.3 is 19.5 Å². The minimum Gasteiger partial charge on any atom is -0.493 e. The smallest absolute Gasteiger partial charge is 0.315 e. The van der Waals surface area contributed by atoms with Gasteiger partial charge in [-0.3, -0.25) is 9.59 Å². The fourth-order valence-electron chi connectivity index (χ4n) is 2.08. The van der Waals surface area contributed by atoms with E-state index in [2.05, 4.69) is 5.32 Å². The number of amides is 1. The van der Waals surface area contributed by atoms with Crippen LogP contribution in [0.1, 0.15) is 32.8 Å². The third-order valence-electron chi connectivity index (χ3n) is 3.50. The number of carbonyl (C=O) groups excluding carboxylic acids is 2. The summed E-state index contributed by atoms with van der Waals surface area (Å²) in [5.41, 5.74) is 0.663. The molecule has 0 aliphatic heterocycles. The SMILES string of the molecule is CCOC(=O)CC(=O)NCC(C)(C)c1ccc(OC)c(OC)c1. The van der Waals surface area contributed by atoms with Crippen molar-refractivity contribution < 1.29 is 23.8 Å². The predicted octanol–water partition coefficient (Wildman–Crippen LogP) is 2.05. The standard InChI is InChI=1S/C17H25NO5/c1-6-23-16(20)10-15(19)18-11-17(2,3)12-7-8-13(21-4)14(9-12)22-5/h7-9H,6,10-11H2,1-5H3,(H,18,19). The van der Waals surface area contributed by atoms with Crippen molar-refractivity contribution in [2.75, 3.05) is 27.4 Å². The van der Waals surface area contributed by atoms with Crippen LogP contribution < -0.4 is 14.8 Å². The van der Waals surface area contributed by atoms with Gasteiger partial charge in [0.15, 0.2) is 11.5 Å². The highest BCUT2D eigenvalue weighted by Crippen LogP contribution is 2.32. The van der Waals surface area contributed by atoms with E-state index in [4.69, 9.17) is 14.2 Å². The molecule has 0 unspecified atom stereocenters. The van der Waals surface area contributed by atoms with Crippen molar-refractivity contribution in [3.8, 4) is 11.5 Å². The van der Waals surface area contributed by atoms with Crippen molar-refractivity contribution >= 4 is 11.9 Å². The number of methoxy groups -OCH3 is 2. The molecule has 0 aliphatic carbocycles. The zero-order valence-electron chi connectivity index (χ0n) is 14.4. The highest BCUT2D eigenvalue weighted by molar-refractivity contribution is 5.94. The molecular weight excluding hydrogens is 298 g/mol. The second-order valence-electron chi connectivity index (χ2n) is 5.71. The van der Waals surface area contributed by atoms with Crippen LogP contribution in [-0.2, 0) is 19.7 Å². The summed E-state index contributed by atoms with van der Waals surface area (Å²) in [6.45, 7) is 6.36. The van der Waals surface area contributed by atoms with Crippen LogP contribution in [0.2, 0.25) is 0 Å². The summed E-state index contributed by atoms with van der Waals surface area (Å²) in [6, 6.07) is 5.64. The topological polar surface area (TPSA) is 73.9 Å². The molecule has 1 N–H and O–H groups in total. The molecule has 1 aromatic carbocycles. The lowest BCUT2D eigenvalue weighted by molar-refractivity contribution is -0.146. The van der Waals surface area contributed by atoms with Crippen LogP contribution in [0.5, 0.6) is 11.5 Å². The Kier molecular flexibility index (Phi) is 6.88. The Labute approximate surface area is 137 Å². The summed E-state index contributed by atoms with van der Waals surface area (Å²) in [4.78, 5) is 23.1. The Bertz CT molecular complexity index is 554. The third-order valence-corrected chi connectivity index (χ3v) is 3.50. The van der Waals surface area contributed by atoms with Crippen LogP contribution in [0, 0.1) is 0 Å². The van der Waals surface area contributed by atoms with Gasteiger partial charge >= 0.3 is 5.97 Å². The quantitative estimate of drug-likeness (QED) is 0.585. The number of ether oxygens (including phenoxy) is 3. The second-order valence-corrected chi connectivity index (χ2v) is 5.71. The maximum atomic E-state index is 11.8. The average molecular weight is 323 g/mol. The summed E-state index contributed by atoms with van der Waals surface area (Å²) in [5, 5.41) is 2.76. The number of hydrogen-bond acceptors (Lipinski definition) is 5. The molecule has 1 aromatic rings. The van der Waals surface area contributed by atoms with Crippen molar-refractivity contribution in [3.05, 3.63) is 23.8 Å². The van der Waals surface area contributed by atoms with Crippen LogP contribution in [0.4, 0.5) is 0 Å². The number of rotatable bonds is 8. The van der Waals surface area contributed by atoms with E-state index in [1.165, 1.54) is 0 Å². The molecule has 1 rings (SSSR count). The van der Waals surface area contributed by atoms with E-state index in [0.29, 0.717) is 18.0 Å². The Morgan fingerprint density at radius 3 is 2.35 bits per heavy atom. The van der Waals surface area contributed by atoms with Crippen LogP contribution in [0.15, 0.2) is 18.2 Å². The van der Waals surface area contributed by atoms with Gasteiger partial charge in [-0.15, -0.1) is 0 Å². The number of benzene rings is 1. The van der Waals surface area contributed by atoms with Crippen molar-refractivity contribution in [2.24, 2.45) is 0 Å². The minimum atomic E-state index is -0.520. The first kappa shape index (κ1) is 18.8. The van der Waals surface area contributed by atoms with E-state index < -0.39 is 5.97 Å². The van der Waals surface area contributed by atoms with E-state index in [1.807, 2.05) is 32.0 Å². The highest BCUT2D eigenvalue weighted by Gasteiger charge is 2.23. The largest absolute Gasteiger partial charge is 0.493 e. The molecule has 0 bridgehead atoms. The number of nitrogens with one attached hydrogen (secondary N) is 1. The van der Waals surface area contributed by atoms with E-state index in [1.54, 1.807) is 21.1 Å². The van der Waals surface area contributed by atoms with Crippen molar-refractivity contribution in [1.29, 1.82) is 0 Å². The zero-order chi connectivity index (χ0) is 17.5. The molecule has 1 amide bonds. The van der Waals surface area contributed by atoms with Crippen molar-refractivity contribution in [2.45, 2.75) is 32.6 Å². The van der Waals surface area contributed by atoms with Gasteiger partial charge in [0.1, 0.15) is 6.42 Å². The average Bonchev–Trinajstić information content (AvgIpc) is 2.52. The Hall–Kier alpha value is -2.24. The van der Waals surface area contributed by atoms with Crippen LogP contribution in [0.3, 0.4) is 0 Å². The summed E-state index contributed by atoms with van der Waals surface area (Å²) >= 11 is 0. The normalized spacial score (nSPS) is 10.8. The van der Waals surface area contributed by atoms with Gasteiger partial charge in [0, 0.05) is 12.0 Å². The molecule has 0 aliphatic rings. The third kappa shape index (κ3) is 5.47. The molecule has 0 fully saturated rings. The fourth-order valence-corrected chi connectivity index (χ4v) is 2.08. The van der Waals surface area contributed by atoms with E-state index in [9.17, 15) is 9.59 Å². The molecule has 6 nitrogen and oxygen atoms in total. The summed E-state index contributed by atoms with van der Waals surface area (Å²) < 4.78 is 15.3. The summed E-state index contributed by atoms with van der Waals surface area (Å²) in [6.07, 6.45) is -0.268. The van der Waals surface area contributed by atoms with Crippen molar-refractivity contribution in [1.82, 2.24) is 5.32 Å². The molecule has 0 spiro atoms. The van der Waals surface area contributed by atoms with Crippen LogP contribution in [-0.4, -0.2) is 39.2 Å². The lowest BCUT2D eigenvalue weighted by atomic mass is 9.84. The Morgan fingerprint density at radius 2 is 1.78 bits per heavy atom. The molecule has 0 aromatic heterocycles. The lowest BCUT2D eigenvalue weighted by Crippen LogP contribution is -2.37. The van der Waals surface area contributed by atoms with Crippen LogP contribution >= 0.6 is 0 Å². The van der Waals surface area contributed by atoms with Gasteiger partial charge in [0.2, 0.25) is 5.91 Å².